The van der Waals surface area contributed by atoms with Crippen LogP contribution >= 0.6 is 15.9 Å². The zero-order valence-electron chi connectivity index (χ0n) is 6.76. The van der Waals surface area contributed by atoms with Gasteiger partial charge in [0.15, 0.2) is 0 Å². The van der Waals surface area contributed by atoms with Crippen LogP contribution in [0.2, 0.25) is 0 Å². The van der Waals surface area contributed by atoms with Crippen LogP contribution < -0.4 is 10.2 Å². The second-order valence-electron chi connectivity index (χ2n) is 2.23. The fraction of sp³-hybridized carbons (Fsp3) is 0.286. The number of nitrogens with zero attached hydrogens (tertiary/aromatic N) is 1. The van der Waals surface area contributed by atoms with Crippen LogP contribution in [0.25, 0.3) is 0 Å². The monoisotopic (exact) mass is 232 g/mol. The molecule has 1 heterocycles. The predicted octanol–water partition coefficient (Wildman–Crippen LogP) is 1.96. The van der Waals surface area contributed by atoms with E-state index in [1.165, 1.54) is 7.11 Å². The first-order valence-corrected chi connectivity index (χ1v) is 4.09. The van der Waals surface area contributed by atoms with Crippen molar-refractivity contribution in [2.75, 3.05) is 12.6 Å². The van der Waals surface area contributed by atoms with Gasteiger partial charge in [-0.3, -0.25) is 10.7 Å². The summed E-state index contributed by atoms with van der Waals surface area (Å²) in [6, 6.07) is 0. The molecule has 0 saturated carbocycles. The molecule has 0 fully saturated rings. The molecule has 0 bridgehead atoms. The van der Waals surface area contributed by atoms with Gasteiger partial charge in [0, 0.05) is 10.7 Å². The lowest BCUT2D eigenvalue weighted by Crippen LogP contribution is -1.99. The third-order valence-corrected chi connectivity index (χ3v) is 2.35. The average molecular weight is 233 g/mol. The number of nitrogens with one attached hydrogen (secondary N) is 1. The highest BCUT2D eigenvalue weighted by Gasteiger charge is 2.09. The van der Waals surface area contributed by atoms with Crippen molar-refractivity contribution in [3.63, 3.8) is 0 Å². The van der Waals surface area contributed by atoms with Gasteiger partial charge >= 0.3 is 0 Å². The number of methoxy groups -OCH3 is 1. The Morgan fingerprint density at radius 3 is 2.83 bits per heavy atom. The van der Waals surface area contributed by atoms with E-state index in [0.29, 0.717) is 11.6 Å². The van der Waals surface area contributed by atoms with Gasteiger partial charge in [-0.1, -0.05) is 0 Å². The molecule has 0 aromatic carbocycles. The van der Waals surface area contributed by atoms with E-state index in [4.69, 9.17) is 9.94 Å². The molecule has 5 heteroatoms. The molecule has 2 N–H and O–H groups in total. The Morgan fingerprint density at radius 1 is 1.67 bits per heavy atom. The first-order chi connectivity index (χ1) is 5.70. The molecule has 0 saturated heterocycles. The standard InChI is InChI=1S/C7H9BrN2O2/c1-4-5(8)3-9-7(12-2)6(4)10-11/h3,10-11H,1-2H3. The normalized spacial score (nSPS) is 9.67. The molecule has 0 amide bonds. The number of halogens is 1. The van der Waals surface area contributed by atoms with E-state index >= 15 is 0 Å². The Labute approximate surface area is 78.7 Å². The highest BCUT2D eigenvalue weighted by atomic mass is 79.9. The van der Waals surface area contributed by atoms with Gasteiger partial charge in [-0.25, -0.2) is 4.98 Å². The van der Waals surface area contributed by atoms with Gasteiger partial charge in [0.25, 0.3) is 0 Å². The number of hydrogen-bond acceptors (Lipinski definition) is 4. The highest BCUT2D eigenvalue weighted by Crippen LogP contribution is 2.29. The molecule has 1 aromatic heterocycles. The predicted molar refractivity (Wildman–Crippen MR) is 48.6 cm³/mol. The van der Waals surface area contributed by atoms with Gasteiger partial charge in [-0.15, -0.1) is 0 Å². The topological polar surface area (TPSA) is 54.4 Å². The molecule has 66 valence electrons. The van der Waals surface area contributed by atoms with Crippen LogP contribution in [-0.4, -0.2) is 17.3 Å². The van der Waals surface area contributed by atoms with Crippen molar-refractivity contribution < 1.29 is 9.94 Å². The summed E-state index contributed by atoms with van der Waals surface area (Å²) in [5.41, 5.74) is 3.37. The molecule has 0 radical (unpaired) electrons. The Hall–Kier alpha value is -0.810. The van der Waals surface area contributed by atoms with Gasteiger partial charge in [0.1, 0.15) is 5.69 Å². The Kier molecular flexibility index (Phi) is 2.88. The third-order valence-electron chi connectivity index (χ3n) is 1.55. The van der Waals surface area contributed by atoms with Gasteiger partial charge < -0.3 is 4.74 Å². The van der Waals surface area contributed by atoms with Gasteiger partial charge in [-0.05, 0) is 28.4 Å². The largest absolute Gasteiger partial charge is 0.479 e. The molecule has 0 unspecified atom stereocenters. The van der Waals surface area contributed by atoms with E-state index in [0.717, 1.165) is 10.0 Å². The Balaban J connectivity index is 3.25. The second kappa shape index (κ2) is 3.73. The summed E-state index contributed by atoms with van der Waals surface area (Å²) >= 11 is 3.28. The Morgan fingerprint density at radius 2 is 2.33 bits per heavy atom. The lowest BCUT2D eigenvalue weighted by atomic mass is 10.2. The maximum Gasteiger partial charge on any atom is 0.239 e. The van der Waals surface area contributed by atoms with Crippen LogP contribution in [0, 0.1) is 6.92 Å². The molecule has 0 aliphatic rings. The molecular weight excluding hydrogens is 224 g/mol. The van der Waals surface area contributed by atoms with Crippen LogP contribution in [0.15, 0.2) is 10.7 Å². The number of anilines is 1. The number of ether oxygens (including phenoxy) is 1. The second-order valence-corrected chi connectivity index (χ2v) is 3.08. The third kappa shape index (κ3) is 1.51. The molecule has 0 spiro atoms. The first kappa shape index (κ1) is 9.28. The molecule has 0 aliphatic carbocycles. The minimum absolute atomic E-state index is 0.373. The van der Waals surface area contributed by atoms with E-state index < -0.39 is 0 Å². The summed E-state index contributed by atoms with van der Waals surface area (Å²) in [5.74, 6) is 0.373. The molecule has 12 heavy (non-hydrogen) atoms. The molecule has 4 nitrogen and oxygen atoms in total. The summed E-state index contributed by atoms with van der Waals surface area (Å²) in [4.78, 5) is 3.94. The van der Waals surface area contributed by atoms with Gasteiger partial charge in [0.2, 0.25) is 5.88 Å². The van der Waals surface area contributed by atoms with E-state index in [9.17, 15) is 0 Å². The molecule has 0 atom stereocenters. The van der Waals surface area contributed by atoms with Crippen LogP contribution in [0.5, 0.6) is 5.88 Å². The first-order valence-electron chi connectivity index (χ1n) is 3.30. The van der Waals surface area contributed by atoms with Crippen LogP contribution in [0.1, 0.15) is 5.56 Å². The van der Waals surface area contributed by atoms with Crippen molar-refractivity contribution in [2.24, 2.45) is 0 Å². The fourth-order valence-electron chi connectivity index (χ4n) is 0.843. The van der Waals surface area contributed by atoms with Gasteiger partial charge in [0.05, 0.1) is 7.11 Å². The smallest absolute Gasteiger partial charge is 0.239 e. The summed E-state index contributed by atoms with van der Waals surface area (Å²) in [6.45, 7) is 1.84. The van der Waals surface area contributed by atoms with Crippen molar-refractivity contribution in [3.05, 3.63) is 16.2 Å². The van der Waals surface area contributed by atoms with Crippen LogP contribution in [0.3, 0.4) is 0 Å². The zero-order chi connectivity index (χ0) is 9.14. The average Bonchev–Trinajstić information content (AvgIpc) is 2.09. The number of aromatic nitrogens is 1. The van der Waals surface area contributed by atoms with E-state index in [1.54, 1.807) is 6.20 Å². The van der Waals surface area contributed by atoms with Crippen LogP contribution in [0.4, 0.5) is 5.69 Å². The van der Waals surface area contributed by atoms with E-state index in [1.807, 2.05) is 12.4 Å². The van der Waals surface area contributed by atoms with Crippen LogP contribution in [-0.2, 0) is 0 Å². The summed E-state index contributed by atoms with van der Waals surface area (Å²) in [6.07, 6.45) is 1.62. The Bertz CT molecular complexity index is 291. The van der Waals surface area contributed by atoms with Crippen molar-refractivity contribution >= 4 is 21.6 Å². The summed E-state index contributed by atoms with van der Waals surface area (Å²) < 4.78 is 5.74. The number of hydrogen-bond donors (Lipinski definition) is 2. The summed E-state index contributed by atoms with van der Waals surface area (Å²) in [7, 11) is 1.50. The summed E-state index contributed by atoms with van der Waals surface area (Å²) in [5, 5.41) is 8.76. The fourth-order valence-corrected chi connectivity index (χ4v) is 1.14. The van der Waals surface area contributed by atoms with Crippen molar-refractivity contribution in [2.45, 2.75) is 6.92 Å². The van der Waals surface area contributed by atoms with Crippen molar-refractivity contribution in [1.82, 2.24) is 4.98 Å². The maximum absolute atomic E-state index is 8.76. The van der Waals surface area contributed by atoms with Crippen molar-refractivity contribution in [1.29, 1.82) is 0 Å². The molecular formula is C7H9BrN2O2. The molecule has 0 aliphatic heterocycles. The lowest BCUT2D eigenvalue weighted by molar-refractivity contribution is 0.366. The minimum Gasteiger partial charge on any atom is -0.479 e. The number of pyridine rings is 1. The van der Waals surface area contributed by atoms with Gasteiger partial charge in [-0.2, -0.15) is 0 Å². The van der Waals surface area contributed by atoms with E-state index in [2.05, 4.69) is 20.9 Å². The highest BCUT2D eigenvalue weighted by molar-refractivity contribution is 9.10. The minimum atomic E-state index is 0.373. The van der Waals surface area contributed by atoms with E-state index in [-0.39, 0.29) is 0 Å². The lowest BCUT2D eigenvalue weighted by Gasteiger charge is -2.09. The quantitative estimate of drug-likeness (QED) is 0.766. The van der Waals surface area contributed by atoms with Crippen molar-refractivity contribution in [3.8, 4) is 5.88 Å². The molecule has 1 rings (SSSR count). The number of rotatable bonds is 2. The zero-order valence-corrected chi connectivity index (χ0v) is 8.34. The SMILES string of the molecule is COc1ncc(Br)c(C)c1NO. The molecule has 1 aromatic rings. The maximum atomic E-state index is 8.76.